The van der Waals surface area contributed by atoms with Gasteiger partial charge in [-0.1, -0.05) is 19.3 Å². The maximum atomic E-state index is 13.0. The largest absolute Gasteiger partial charge is 0.349 e. The molecule has 2 atom stereocenters. The maximum Gasteiger partial charge on any atom is 0.324 e. The van der Waals surface area contributed by atoms with Crippen LogP contribution in [-0.2, 0) is 4.79 Å². The van der Waals surface area contributed by atoms with E-state index in [4.69, 9.17) is 5.10 Å². The average molecular weight is 444 g/mol. The Morgan fingerprint density at radius 1 is 1.23 bits per heavy atom. The number of imide groups is 1. The second kappa shape index (κ2) is 8.26. The molecule has 3 heterocycles. The van der Waals surface area contributed by atoms with Crippen LogP contribution in [0.5, 0.6) is 0 Å². The Balaban J connectivity index is 1.23. The number of aromatic nitrogens is 2. The quantitative estimate of drug-likeness (QED) is 0.693. The highest BCUT2D eigenvalue weighted by Crippen LogP contribution is 2.36. The molecule has 2 aliphatic carbocycles. The zero-order valence-corrected chi connectivity index (χ0v) is 18.7. The molecule has 2 aromatic heterocycles. The van der Waals surface area contributed by atoms with Gasteiger partial charge in [0.25, 0.3) is 5.91 Å². The van der Waals surface area contributed by atoms with Crippen molar-refractivity contribution in [2.75, 3.05) is 13.1 Å². The van der Waals surface area contributed by atoms with Gasteiger partial charge in [-0.3, -0.25) is 19.2 Å². The lowest BCUT2D eigenvalue weighted by atomic mass is 9.96. The number of hydrogen-bond acceptors (Lipinski definition) is 5. The molecule has 0 bridgehead atoms. The summed E-state index contributed by atoms with van der Waals surface area (Å²) in [6.07, 6.45) is 8.70. The second-order valence-corrected chi connectivity index (χ2v) is 10.2. The Morgan fingerprint density at radius 3 is 2.77 bits per heavy atom. The zero-order valence-electron chi connectivity index (χ0n) is 17.9. The van der Waals surface area contributed by atoms with Gasteiger partial charge >= 0.3 is 6.03 Å². The lowest BCUT2D eigenvalue weighted by Gasteiger charge is -2.22. The standard InChI is InChI=1S/C22H29N5O3S/c1-13-17-10-18(31-21(17)27(25-13)16-5-3-2-4-6-16)20(29)24-15-8-7-14(9-15)12-26-19(28)11-23-22(26)30/h10,14-16H,2-9,11-12H2,1H3,(H,23,30)(H,24,29). The molecule has 2 unspecified atom stereocenters. The number of hydrogen-bond donors (Lipinski definition) is 2. The number of aryl methyl sites for hydroxylation is 1. The maximum absolute atomic E-state index is 13.0. The van der Waals surface area contributed by atoms with Gasteiger partial charge < -0.3 is 10.6 Å². The molecule has 0 spiro atoms. The first-order valence-electron chi connectivity index (χ1n) is 11.4. The van der Waals surface area contributed by atoms with Crippen LogP contribution in [0.1, 0.15) is 72.8 Å². The molecule has 3 fully saturated rings. The van der Waals surface area contributed by atoms with Crippen LogP contribution in [0.15, 0.2) is 6.07 Å². The minimum Gasteiger partial charge on any atom is -0.349 e. The first-order chi connectivity index (χ1) is 15.0. The minimum atomic E-state index is -0.301. The highest BCUT2D eigenvalue weighted by Gasteiger charge is 2.34. The molecule has 0 aromatic carbocycles. The van der Waals surface area contributed by atoms with Crippen LogP contribution in [0.4, 0.5) is 4.79 Å². The summed E-state index contributed by atoms with van der Waals surface area (Å²) < 4.78 is 2.16. The van der Waals surface area contributed by atoms with Gasteiger partial charge in [-0.05, 0) is 51.0 Å². The number of amides is 4. The van der Waals surface area contributed by atoms with Gasteiger partial charge in [-0.15, -0.1) is 11.3 Å². The smallest absolute Gasteiger partial charge is 0.324 e. The van der Waals surface area contributed by atoms with Crippen molar-refractivity contribution in [2.24, 2.45) is 5.92 Å². The van der Waals surface area contributed by atoms with Gasteiger partial charge in [0.2, 0.25) is 5.91 Å². The van der Waals surface area contributed by atoms with Gasteiger partial charge in [0.15, 0.2) is 0 Å². The molecule has 2 aromatic rings. The lowest BCUT2D eigenvalue weighted by Crippen LogP contribution is -2.36. The van der Waals surface area contributed by atoms with Crippen molar-refractivity contribution in [3.63, 3.8) is 0 Å². The summed E-state index contributed by atoms with van der Waals surface area (Å²) in [6.45, 7) is 2.55. The van der Waals surface area contributed by atoms with E-state index in [0.29, 0.717) is 12.6 Å². The summed E-state index contributed by atoms with van der Waals surface area (Å²) in [6, 6.07) is 2.21. The normalized spacial score (nSPS) is 24.9. The van der Waals surface area contributed by atoms with Crippen LogP contribution >= 0.6 is 11.3 Å². The third-order valence-electron chi connectivity index (χ3n) is 6.97. The van der Waals surface area contributed by atoms with Crippen LogP contribution in [0.2, 0.25) is 0 Å². The number of rotatable bonds is 5. The summed E-state index contributed by atoms with van der Waals surface area (Å²) in [4.78, 5) is 39.7. The van der Waals surface area contributed by atoms with E-state index in [0.717, 1.165) is 52.9 Å². The fraction of sp³-hybridized carbons (Fsp3) is 0.636. The van der Waals surface area contributed by atoms with E-state index in [-0.39, 0.29) is 36.3 Å². The number of urea groups is 1. The average Bonchev–Trinajstić information content (AvgIpc) is 3.52. The van der Waals surface area contributed by atoms with Crippen molar-refractivity contribution in [1.29, 1.82) is 0 Å². The molecule has 31 heavy (non-hydrogen) atoms. The monoisotopic (exact) mass is 443 g/mol. The van der Waals surface area contributed by atoms with Crippen LogP contribution < -0.4 is 10.6 Å². The molecule has 9 heteroatoms. The van der Waals surface area contributed by atoms with E-state index < -0.39 is 0 Å². The summed E-state index contributed by atoms with van der Waals surface area (Å²) in [5.74, 6) is 0.0455. The summed E-state index contributed by atoms with van der Waals surface area (Å²) in [5, 5.41) is 11.6. The molecule has 5 rings (SSSR count). The number of thiophene rings is 1. The molecule has 166 valence electrons. The Labute approximate surface area is 185 Å². The molecule has 1 saturated heterocycles. The highest BCUT2D eigenvalue weighted by atomic mass is 32.1. The fourth-order valence-corrected chi connectivity index (χ4v) is 6.42. The van der Waals surface area contributed by atoms with Gasteiger partial charge in [0, 0.05) is 18.0 Å². The number of fused-ring (bicyclic) bond motifs is 1. The third-order valence-corrected chi connectivity index (χ3v) is 8.09. The zero-order chi connectivity index (χ0) is 21.5. The van der Waals surface area contributed by atoms with E-state index in [1.54, 1.807) is 11.3 Å². The van der Waals surface area contributed by atoms with Crippen LogP contribution in [0.3, 0.4) is 0 Å². The molecule has 8 nitrogen and oxygen atoms in total. The van der Waals surface area contributed by atoms with Gasteiger partial charge in [0.1, 0.15) is 4.83 Å². The van der Waals surface area contributed by atoms with Crippen LogP contribution in [-0.4, -0.2) is 51.7 Å². The Morgan fingerprint density at radius 2 is 2.03 bits per heavy atom. The Kier molecular flexibility index (Phi) is 5.45. The van der Waals surface area contributed by atoms with E-state index in [1.807, 2.05) is 13.0 Å². The number of carbonyl (C=O) groups excluding carboxylic acids is 3. The van der Waals surface area contributed by atoms with E-state index in [2.05, 4.69) is 15.3 Å². The fourth-order valence-electron chi connectivity index (χ4n) is 5.28. The molecule has 2 N–H and O–H groups in total. The molecule has 3 aliphatic rings. The van der Waals surface area contributed by atoms with Crippen LogP contribution in [0, 0.1) is 12.8 Å². The molecule has 2 saturated carbocycles. The highest BCUT2D eigenvalue weighted by molar-refractivity contribution is 7.20. The predicted molar refractivity (Wildman–Crippen MR) is 118 cm³/mol. The van der Waals surface area contributed by atoms with Crippen LogP contribution in [0.25, 0.3) is 10.2 Å². The predicted octanol–water partition coefficient (Wildman–Crippen LogP) is 3.36. The molecular formula is C22H29N5O3S. The molecule has 4 amide bonds. The molecular weight excluding hydrogens is 414 g/mol. The van der Waals surface area contributed by atoms with Crippen molar-refractivity contribution in [3.05, 3.63) is 16.6 Å². The first kappa shape index (κ1) is 20.5. The number of carbonyl (C=O) groups is 3. The van der Waals surface area contributed by atoms with Gasteiger partial charge in [0.05, 0.1) is 23.2 Å². The Hall–Kier alpha value is -2.42. The van der Waals surface area contributed by atoms with Crippen molar-refractivity contribution in [3.8, 4) is 0 Å². The number of nitrogens with one attached hydrogen (secondary N) is 2. The first-order valence-corrected chi connectivity index (χ1v) is 12.2. The molecule has 0 radical (unpaired) electrons. The van der Waals surface area contributed by atoms with E-state index >= 15 is 0 Å². The molecule has 1 aliphatic heterocycles. The van der Waals surface area contributed by atoms with Crippen molar-refractivity contribution in [1.82, 2.24) is 25.3 Å². The topological polar surface area (TPSA) is 96.3 Å². The summed E-state index contributed by atoms with van der Waals surface area (Å²) >= 11 is 1.54. The van der Waals surface area contributed by atoms with Gasteiger partial charge in [-0.25, -0.2) is 4.79 Å². The summed E-state index contributed by atoms with van der Waals surface area (Å²) in [5.41, 5.74) is 0.991. The van der Waals surface area contributed by atoms with E-state index in [1.165, 1.54) is 24.2 Å². The SMILES string of the molecule is Cc1nn(C2CCCCC2)c2sc(C(=O)NC3CCC(CN4C(=O)CNC4=O)C3)cc12. The van der Waals surface area contributed by atoms with Gasteiger partial charge in [-0.2, -0.15) is 5.10 Å². The number of nitrogens with zero attached hydrogens (tertiary/aromatic N) is 3. The van der Waals surface area contributed by atoms with E-state index in [9.17, 15) is 14.4 Å². The van der Waals surface area contributed by atoms with Crippen molar-refractivity contribution in [2.45, 2.75) is 70.4 Å². The van der Waals surface area contributed by atoms with Crippen molar-refractivity contribution < 1.29 is 14.4 Å². The Bertz CT molecular complexity index is 1010. The minimum absolute atomic E-state index is 0.0311. The van der Waals surface area contributed by atoms with Crippen molar-refractivity contribution >= 4 is 39.4 Å². The third kappa shape index (κ3) is 3.95. The second-order valence-electron chi connectivity index (χ2n) is 9.16. The lowest BCUT2D eigenvalue weighted by molar-refractivity contribution is -0.125. The summed E-state index contributed by atoms with van der Waals surface area (Å²) in [7, 11) is 0.